The highest BCUT2D eigenvalue weighted by Crippen LogP contribution is 2.64. The number of rotatable bonds is 1. The molecule has 2 bridgehead atoms. The summed E-state index contributed by atoms with van der Waals surface area (Å²) in [5, 5.41) is 9.47. The summed E-state index contributed by atoms with van der Waals surface area (Å²) in [5.41, 5.74) is -0.630. The first-order valence-electron chi connectivity index (χ1n) is 6.07. The molecular weight excluding hydrogens is 202 g/mol. The molecule has 3 rings (SSSR count). The van der Waals surface area contributed by atoms with Crippen LogP contribution in [0.15, 0.2) is 0 Å². The quantitative estimate of drug-likeness (QED) is 0.672. The second-order valence-electron chi connectivity index (χ2n) is 5.60. The Hall–Kier alpha value is -1.17. The van der Waals surface area contributed by atoms with E-state index in [0.717, 1.165) is 25.7 Å². The van der Waals surface area contributed by atoms with E-state index in [4.69, 9.17) is 0 Å². The van der Waals surface area contributed by atoms with Crippen LogP contribution in [0.3, 0.4) is 0 Å². The molecule has 5 atom stereocenters. The topological polar surface area (TPSA) is 57.9 Å². The molecule has 0 N–H and O–H groups in total. The SMILES string of the molecule is CC(=O)[C@@H]1[C@@H]2CCC3CC[C@@]1(C#N)[C@H]3C2=O. The number of carbonyl (C=O) groups excluding carboxylic acids is 2. The van der Waals surface area contributed by atoms with E-state index in [1.807, 2.05) is 0 Å². The van der Waals surface area contributed by atoms with Crippen LogP contribution in [0.1, 0.15) is 32.6 Å². The van der Waals surface area contributed by atoms with Crippen molar-refractivity contribution in [2.75, 3.05) is 0 Å². The van der Waals surface area contributed by atoms with Gasteiger partial charge in [-0.1, -0.05) is 0 Å². The minimum Gasteiger partial charge on any atom is -0.300 e. The molecule has 3 heteroatoms. The van der Waals surface area contributed by atoms with Crippen LogP contribution in [0.2, 0.25) is 0 Å². The van der Waals surface area contributed by atoms with E-state index < -0.39 is 5.41 Å². The fraction of sp³-hybridized carbons (Fsp3) is 0.769. The van der Waals surface area contributed by atoms with Crippen LogP contribution in [0.25, 0.3) is 0 Å². The van der Waals surface area contributed by atoms with Gasteiger partial charge in [-0.05, 0) is 38.5 Å². The smallest absolute Gasteiger partial charge is 0.141 e. The summed E-state index contributed by atoms with van der Waals surface area (Å²) in [5.74, 6) is 0.0829. The van der Waals surface area contributed by atoms with Crippen LogP contribution in [-0.2, 0) is 9.59 Å². The molecule has 84 valence electrons. The Balaban J connectivity index is 2.17. The van der Waals surface area contributed by atoms with Gasteiger partial charge >= 0.3 is 0 Å². The lowest BCUT2D eigenvalue weighted by Gasteiger charge is -2.26. The maximum atomic E-state index is 12.2. The van der Waals surface area contributed by atoms with Crippen LogP contribution in [0, 0.1) is 40.4 Å². The third kappa shape index (κ3) is 0.893. The summed E-state index contributed by atoms with van der Waals surface area (Å²) in [7, 11) is 0. The molecule has 3 fully saturated rings. The van der Waals surface area contributed by atoms with Crippen LogP contribution in [0.5, 0.6) is 0 Å². The number of hydrogen-bond donors (Lipinski definition) is 0. The third-order valence-corrected chi connectivity index (χ3v) is 5.08. The molecule has 0 aromatic carbocycles. The number of hydrogen-bond acceptors (Lipinski definition) is 3. The Morgan fingerprint density at radius 3 is 2.81 bits per heavy atom. The molecule has 3 nitrogen and oxygen atoms in total. The van der Waals surface area contributed by atoms with E-state index in [2.05, 4.69) is 6.07 Å². The van der Waals surface area contributed by atoms with Crippen LogP contribution >= 0.6 is 0 Å². The molecule has 0 saturated heterocycles. The summed E-state index contributed by atoms with van der Waals surface area (Å²) in [4.78, 5) is 24.0. The molecule has 0 amide bonds. The highest BCUT2D eigenvalue weighted by atomic mass is 16.1. The van der Waals surface area contributed by atoms with Gasteiger partial charge in [0, 0.05) is 17.8 Å². The van der Waals surface area contributed by atoms with E-state index in [1.165, 1.54) is 0 Å². The minimum atomic E-state index is -0.630. The molecule has 3 aliphatic carbocycles. The molecular formula is C13H15NO2. The summed E-state index contributed by atoms with van der Waals surface area (Å²) in [6.45, 7) is 1.55. The van der Waals surface area contributed by atoms with Crippen molar-refractivity contribution in [3.63, 3.8) is 0 Å². The number of Topliss-reactive ketones (excluding diaryl/α,β-unsaturated/α-hetero) is 2. The lowest BCUT2D eigenvalue weighted by Crippen LogP contribution is -2.32. The molecule has 3 saturated carbocycles. The Labute approximate surface area is 94.8 Å². The van der Waals surface area contributed by atoms with Gasteiger partial charge in [-0.3, -0.25) is 9.59 Å². The van der Waals surface area contributed by atoms with Crippen molar-refractivity contribution in [1.29, 1.82) is 5.26 Å². The standard InChI is InChI=1S/C13H15NO2/c1-7(15)10-9-3-2-8-4-5-13(10,6-14)11(8)12(9)16/h8-11H,2-5H2,1H3/t8?,9-,10+,11+,13-/m0/s1. The van der Waals surface area contributed by atoms with Gasteiger partial charge < -0.3 is 0 Å². The monoisotopic (exact) mass is 217 g/mol. The molecule has 0 heterocycles. The van der Waals surface area contributed by atoms with Crippen LogP contribution in [-0.4, -0.2) is 11.6 Å². The second kappa shape index (κ2) is 2.94. The normalized spacial score (nSPS) is 49.1. The predicted octanol–water partition coefficient (Wildman–Crippen LogP) is 1.72. The van der Waals surface area contributed by atoms with Crippen LogP contribution in [0.4, 0.5) is 0 Å². The van der Waals surface area contributed by atoms with E-state index >= 15 is 0 Å². The maximum absolute atomic E-state index is 12.2. The average Bonchev–Trinajstić information content (AvgIpc) is 2.64. The lowest BCUT2D eigenvalue weighted by molar-refractivity contribution is -0.130. The molecule has 0 aliphatic heterocycles. The Kier molecular flexibility index (Phi) is 1.84. The van der Waals surface area contributed by atoms with Crippen molar-refractivity contribution in [2.45, 2.75) is 32.6 Å². The molecule has 0 aromatic heterocycles. The lowest BCUT2D eigenvalue weighted by atomic mass is 9.72. The van der Waals surface area contributed by atoms with Gasteiger partial charge in [0.1, 0.15) is 11.6 Å². The number of nitrogens with zero attached hydrogens (tertiary/aromatic N) is 1. The first kappa shape index (κ1) is 10.0. The fourth-order valence-electron chi connectivity index (χ4n) is 4.61. The zero-order valence-corrected chi connectivity index (χ0v) is 9.40. The van der Waals surface area contributed by atoms with E-state index in [9.17, 15) is 14.9 Å². The van der Waals surface area contributed by atoms with Crippen molar-refractivity contribution in [3.05, 3.63) is 0 Å². The Morgan fingerprint density at radius 2 is 2.19 bits per heavy atom. The maximum Gasteiger partial charge on any atom is 0.141 e. The zero-order chi connectivity index (χ0) is 11.5. The molecule has 0 spiro atoms. The summed E-state index contributed by atoms with van der Waals surface area (Å²) < 4.78 is 0. The van der Waals surface area contributed by atoms with Crippen molar-refractivity contribution in [2.24, 2.45) is 29.1 Å². The van der Waals surface area contributed by atoms with E-state index in [-0.39, 0.29) is 29.3 Å². The van der Waals surface area contributed by atoms with E-state index in [1.54, 1.807) is 6.92 Å². The highest BCUT2D eigenvalue weighted by molar-refractivity contribution is 5.97. The second-order valence-corrected chi connectivity index (χ2v) is 5.60. The largest absolute Gasteiger partial charge is 0.300 e. The molecule has 1 unspecified atom stereocenters. The summed E-state index contributed by atoms with van der Waals surface area (Å²) in [6, 6.07) is 2.36. The van der Waals surface area contributed by atoms with Gasteiger partial charge in [-0.25, -0.2) is 0 Å². The van der Waals surface area contributed by atoms with E-state index in [0.29, 0.717) is 5.92 Å². The predicted molar refractivity (Wildman–Crippen MR) is 56.2 cm³/mol. The molecule has 0 aromatic rings. The van der Waals surface area contributed by atoms with Crippen molar-refractivity contribution in [3.8, 4) is 6.07 Å². The van der Waals surface area contributed by atoms with Crippen LogP contribution < -0.4 is 0 Å². The van der Waals surface area contributed by atoms with Crippen molar-refractivity contribution < 1.29 is 9.59 Å². The van der Waals surface area contributed by atoms with Gasteiger partial charge in [0.05, 0.1) is 11.5 Å². The average molecular weight is 217 g/mol. The molecule has 3 aliphatic rings. The number of nitriles is 1. The fourth-order valence-corrected chi connectivity index (χ4v) is 4.61. The van der Waals surface area contributed by atoms with Gasteiger partial charge in [0.25, 0.3) is 0 Å². The van der Waals surface area contributed by atoms with Gasteiger partial charge in [-0.2, -0.15) is 5.26 Å². The number of ketones is 2. The zero-order valence-electron chi connectivity index (χ0n) is 9.40. The summed E-state index contributed by atoms with van der Waals surface area (Å²) in [6.07, 6.45) is 3.58. The van der Waals surface area contributed by atoms with Crippen molar-refractivity contribution in [1.82, 2.24) is 0 Å². The highest BCUT2D eigenvalue weighted by Gasteiger charge is 2.68. The molecule has 0 radical (unpaired) electrons. The van der Waals surface area contributed by atoms with Crippen molar-refractivity contribution >= 4 is 11.6 Å². The first-order valence-corrected chi connectivity index (χ1v) is 6.07. The summed E-state index contributed by atoms with van der Waals surface area (Å²) >= 11 is 0. The third-order valence-electron chi connectivity index (χ3n) is 5.08. The Bertz CT molecular complexity index is 422. The minimum absolute atomic E-state index is 0.0463. The van der Waals surface area contributed by atoms with Gasteiger partial charge in [0.15, 0.2) is 0 Å². The van der Waals surface area contributed by atoms with Gasteiger partial charge in [0.2, 0.25) is 0 Å². The Morgan fingerprint density at radius 1 is 1.44 bits per heavy atom. The number of carbonyl (C=O) groups is 2. The van der Waals surface area contributed by atoms with Gasteiger partial charge in [-0.15, -0.1) is 0 Å². The first-order chi connectivity index (χ1) is 7.62. The number of fused-ring (bicyclic) bond motifs is 1. The molecule has 16 heavy (non-hydrogen) atoms.